The number of likely N-dealkylation sites (N-methyl/N-ethyl adjacent to an activating group) is 1. The standard InChI is InChI=1S/C16H24ClN3O/c1-20(12-15-6-2-3-9-18-15)10-8-16(21)19-14-7-4-5-13(17)11-14/h4-5,7,11,15,18H,2-3,6,8-10,12H2,1H3,(H,19,21). The van der Waals surface area contributed by atoms with Gasteiger partial charge in [0.15, 0.2) is 0 Å². The maximum Gasteiger partial charge on any atom is 0.225 e. The van der Waals surface area contributed by atoms with Crippen molar-refractivity contribution in [1.29, 1.82) is 0 Å². The van der Waals surface area contributed by atoms with Gasteiger partial charge in [0.25, 0.3) is 0 Å². The fourth-order valence-corrected chi connectivity index (χ4v) is 2.82. The summed E-state index contributed by atoms with van der Waals surface area (Å²) < 4.78 is 0. The zero-order valence-corrected chi connectivity index (χ0v) is 13.3. The fourth-order valence-electron chi connectivity index (χ4n) is 2.63. The van der Waals surface area contributed by atoms with Crippen molar-refractivity contribution < 1.29 is 4.79 Å². The Labute approximate surface area is 131 Å². The lowest BCUT2D eigenvalue weighted by Crippen LogP contribution is -2.43. The molecule has 1 atom stereocenters. The van der Waals surface area contributed by atoms with Gasteiger partial charge in [-0.25, -0.2) is 0 Å². The lowest BCUT2D eigenvalue weighted by molar-refractivity contribution is -0.116. The molecule has 0 aromatic heterocycles. The highest BCUT2D eigenvalue weighted by Crippen LogP contribution is 2.15. The molecule has 1 heterocycles. The molecule has 1 unspecified atom stereocenters. The van der Waals surface area contributed by atoms with Crippen LogP contribution in [0.2, 0.25) is 5.02 Å². The van der Waals surface area contributed by atoms with Gasteiger partial charge in [-0.2, -0.15) is 0 Å². The summed E-state index contributed by atoms with van der Waals surface area (Å²) in [6.07, 6.45) is 4.32. The first kappa shape index (κ1) is 16.3. The van der Waals surface area contributed by atoms with Crippen molar-refractivity contribution in [2.75, 3.05) is 32.0 Å². The first-order valence-electron chi connectivity index (χ1n) is 7.61. The van der Waals surface area contributed by atoms with Gasteiger partial charge in [-0.05, 0) is 44.6 Å². The molecule has 0 aliphatic carbocycles. The number of anilines is 1. The topological polar surface area (TPSA) is 44.4 Å². The highest BCUT2D eigenvalue weighted by Gasteiger charge is 2.15. The number of carbonyl (C=O) groups is 1. The van der Waals surface area contributed by atoms with Gasteiger partial charge in [-0.3, -0.25) is 4.79 Å². The second-order valence-corrected chi connectivity index (χ2v) is 6.15. The Balaban J connectivity index is 1.68. The molecule has 0 saturated carbocycles. The van der Waals surface area contributed by atoms with Crippen LogP contribution in [0.15, 0.2) is 24.3 Å². The number of hydrogen-bond donors (Lipinski definition) is 2. The maximum atomic E-state index is 11.9. The van der Waals surface area contributed by atoms with Crippen LogP contribution < -0.4 is 10.6 Å². The van der Waals surface area contributed by atoms with Gasteiger partial charge in [0, 0.05) is 36.3 Å². The summed E-state index contributed by atoms with van der Waals surface area (Å²) >= 11 is 5.90. The van der Waals surface area contributed by atoms with E-state index in [0.717, 1.165) is 25.3 Å². The first-order valence-corrected chi connectivity index (χ1v) is 7.98. The second-order valence-electron chi connectivity index (χ2n) is 5.72. The van der Waals surface area contributed by atoms with Crippen LogP contribution in [0.4, 0.5) is 5.69 Å². The molecule has 0 spiro atoms. The average Bonchev–Trinajstić information content (AvgIpc) is 2.46. The van der Waals surface area contributed by atoms with Crippen LogP contribution in [-0.2, 0) is 4.79 Å². The minimum Gasteiger partial charge on any atom is -0.326 e. The molecular weight excluding hydrogens is 286 g/mol. The minimum atomic E-state index is 0.0284. The molecule has 2 rings (SSSR count). The molecule has 1 aliphatic rings. The van der Waals surface area contributed by atoms with E-state index in [0.29, 0.717) is 17.5 Å². The van der Waals surface area contributed by atoms with E-state index in [1.54, 1.807) is 12.1 Å². The van der Waals surface area contributed by atoms with Gasteiger partial charge < -0.3 is 15.5 Å². The molecule has 2 N–H and O–H groups in total. The number of benzene rings is 1. The molecule has 1 saturated heterocycles. The predicted molar refractivity (Wildman–Crippen MR) is 87.8 cm³/mol. The number of rotatable bonds is 6. The Morgan fingerprint density at radius 1 is 1.48 bits per heavy atom. The van der Waals surface area contributed by atoms with Crippen molar-refractivity contribution in [3.05, 3.63) is 29.3 Å². The summed E-state index contributed by atoms with van der Waals surface area (Å²) in [6.45, 7) is 2.89. The zero-order chi connectivity index (χ0) is 15.1. The quantitative estimate of drug-likeness (QED) is 0.849. The molecule has 0 radical (unpaired) electrons. The van der Waals surface area contributed by atoms with Gasteiger partial charge >= 0.3 is 0 Å². The number of nitrogens with zero attached hydrogens (tertiary/aromatic N) is 1. The molecule has 21 heavy (non-hydrogen) atoms. The molecule has 1 aromatic carbocycles. The van der Waals surface area contributed by atoms with E-state index in [2.05, 4.69) is 22.6 Å². The highest BCUT2D eigenvalue weighted by atomic mass is 35.5. The summed E-state index contributed by atoms with van der Waals surface area (Å²) in [4.78, 5) is 14.1. The molecule has 1 aromatic rings. The van der Waals surface area contributed by atoms with E-state index >= 15 is 0 Å². The van der Waals surface area contributed by atoms with Crippen molar-refractivity contribution in [1.82, 2.24) is 10.2 Å². The molecule has 116 valence electrons. The number of amides is 1. The Hall–Kier alpha value is -1.10. The van der Waals surface area contributed by atoms with E-state index in [4.69, 9.17) is 11.6 Å². The van der Waals surface area contributed by atoms with Crippen molar-refractivity contribution in [2.24, 2.45) is 0 Å². The summed E-state index contributed by atoms with van der Waals surface area (Å²) in [5.41, 5.74) is 0.754. The van der Waals surface area contributed by atoms with Gasteiger partial charge in [-0.15, -0.1) is 0 Å². The number of halogens is 1. The molecule has 1 amide bonds. The van der Waals surface area contributed by atoms with Crippen molar-refractivity contribution in [3.63, 3.8) is 0 Å². The molecule has 0 bridgehead atoms. The third kappa shape index (κ3) is 6.04. The van der Waals surface area contributed by atoms with Gasteiger partial charge in [-0.1, -0.05) is 24.1 Å². The summed E-state index contributed by atoms with van der Waals surface area (Å²) in [5, 5.41) is 7.04. The largest absolute Gasteiger partial charge is 0.326 e. The van der Waals surface area contributed by atoms with Gasteiger partial charge in [0.05, 0.1) is 0 Å². The SMILES string of the molecule is CN(CCC(=O)Nc1cccc(Cl)c1)CC1CCCCN1. The van der Waals surface area contributed by atoms with E-state index in [1.807, 2.05) is 12.1 Å². The van der Waals surface area contributed by atoms with Gasteiger partial charge in [0.2, 0.25) is 5.91 Å². The van der Waals surface area contributed by atoms with Crippen LogP contribution >= 0.6 is 11.6 Å². The van der Waals surface area contributed by atoms with Crippen LogP contribution in [0.5, 0.6) is 0 Å². The average molecular weight is 310 g/mol. The van der Waals surface area contributed by atoms with Gasteiger partial charge in [0.1, 0.15) is 0 Å². The van der Waals surface area contributed by atoms with E-state index < -0.39 is 0 Å². The van der Waals surface area contributed by atoms with E-state index in [1.165, 1.54) is 19.3 Å². The second kappa shape index (κ2) is 8.37. The number of nitrogens with one attached hydrogen (secondary N) is 2. The molecule has 4 nitrogen and oxygen atoms in total. The van der Waals surface area contributed by atoms with E-state index in [-0.39, 0.29) is 5.91 Å². The monoisotopic (exact) mass is 309 g/mol. The van der Waals surface area contributed by atoms with Crippen molar-refractivity contribution in [3.8, 4) is 0 Å². The van der Waals surface area contributed by atoms with Crippen molar-refractivity contribution >= 4 is 23.2 Å². The zero-order valence-electron chi connectivity index (χ0n) is 12.6. The number of hydrogen-bond acceptors (Lipinski definition) is 3. The smallest absolute Gasteiger partial charge is 0.225 e. The Kier molecular flexibility index (Phi) is 6.49. The van der Waals surface area contributed by atoms with Crippen LogP contribution in [0.3, 0.4) is 0 Å². The molecule has 1 aliphatic heterocycles. The molecule has 5 heteroatoms. The van der Waals surface area contributed by atoms with E-state index in [9.17, 15) is 4.79 Å². The Morgan fingerprint density at radius 2 is 2.33 bits per heavy atom. The fraction of sp³-hybridized carbons (Fsp3) is 0.562. The third-order valence-corrected chi connectivity index (χ3v) is 4.01. The van der Waals surface area contributed by atoms with Crippen LogP contribution in [-0.4, -0.2) is 43.5 Å². The molecular formula is C16H24ClN3O. The lowest BCUT2D eigenvalue weighted by atomic mass is 10.0. The minimum absolute atomic E-state index is 0.0284. The summed E-state index contributed by atoms with van der Waals surface area (Å²) in [7, 11) is 2.07. The first-order chi connectivity index (χ1) is 10.1. The molecule has 1 fully saturated rings. The Bertz CT molecular complexity index is 461. The number of piperidine rings is 1. The highest BCUT2D eigenvalue weighted by molar-refractivity contribution is 6.30. The van der Waals surface area contributed by atoms with Crippen molar-refractivity contribution in [2.45, 2.75) is 31.7 Å². The van der Waals surface area contributed by atoms with Crippen LogP contribution in [0, 0.1) is 0 Å². The number of carbonyl (C=O) groups excluding carboxylic acids is 1. The Morgan fingerprint density at radius 3 is 3.05 bits per heavy atom. The van der Waals surface area contributed by atoms with Crippen LogP contribution in [0.25, 0.3) is 0 Å². The normalized spacial score (nSPS) is 18.7. The predicted octanol–water partition coefficient (Wildman–Crippen LogP) is 2.74. The maximum absolute atomic E-state index is 11.9. The summed E-state index contributed by atoms with van der Waals surface area (Å²) in [5.74, 6) is 0.0284. The summed E-state index contributed by atoms with van der Waals surface area (Å²) in [6, 6.07) is 7.80. The third-order valence-electron chi connectivity index (χ3n) is 3.77. The lowest BCUT2D eigenvalue weighted by Gasteiger charge is -2.28. The van der Waals surface area contributed by atoms with Crippen LogP contribution in [0.1, 0.15) is 25.7 Å².